The largest absolute Gasteiger partial charge is 0.325 e. The molecule has 24 heavy (non-hydrogen) atoms. The van der Waals surface area contributed by atoms with Crippen LogP contribution in [-0.4, -0.2) is 10.8 Å². The van der Waals surface area contributed by atoms with Crippen molar-refractivity contribution in [3.63, 3.8) is 0 Å². The van der Waals surface area contributed by atoms with Gasteiger partial charge in [-0.15, -0.1) is 0 Å². The summed E-state index contributed by atoms with van der Waals surface area (Å²) < 4.78 is 0. The van der Waals surface area contributed by atoms with E-state index >= 15 is 0 Å². The summed E-state index contributed by atoms with van der Waals surface area (Å²) in [4.78, 5) is 22.7. The van der Waals surface area contributed by atoms with Crippen LogP contribution in [-0.2, 0) is 11.2 Å². The van der Waals surface area contributed by atoms with Crippen molar-refractivity contribution in [3.05, 3.63) is 69.8 Å². The third-order valence-electron chi connectivity index (χ3n) is 3.84. The van der Waals surface area contributed by atoms with E-state index in [1.807, 2.05) is 31.2 Å². The molecule has 2 rings (SSSR count). The Bertz CT molecular complexity index is 724. The molecule has 0 spiro atoms. The number of amides is 1. The summed E-state index contributed by atoms with van der Waals surface area (Å²) >= 11 is 0. The Hall–Kier alpha value is -2.69. The van der Waals surface area contributed by atoms with Gasteiger partial charge in [-0.2, -0.15) is 0 Å². The molecule has 1 amide bonds. The van der Waals surface area contributed by atoms with Crippen LogP contribution in [0, 0.1) is 16.0 Å². The van der Waals surface area contributed by atoms with Crippen molar-refractivity contribution in [2.75, 3.05) is 5.32 Å². The van der Waals surface area contributed by atoms with Crippen molar-refractivity contribution < 1.29 is 9.72 Å². The normalized spacial score (nSPS) is 12.0. The molecule has 0 aliphatic rings. The number of nitrogens with one attached hydrogen (secondary N) is 1. The molecule has 1 N–H and O–H groups in total. The van der Waals surface area contributed by atoms with Crippen molar-refractivity contribution in [2.45, 2.75) is 33.1 Å². The highest BCUT2D eigenvalue weighted by atomic mass is 16.6. The molecular formula is C19H22N2O3. The Balaban J connectivity index is 2.06. The van der Waals surface area contributed by atoms with E-state index in [0.29, 0.717) is 11.6 Å². The van der Waals surface area contributed by atoms with E-state index in [4.69, 9.17) is 0 Å². The van der Waals surface area contributed by atoms with Gasteiger partial charge in [0.15, 0.2) is 0 Å². The van der Waals surface area contributed by atoms with Crippen molar-refractivity contribution in [3.8, 4) is 0 Å². The summed E-state index contributed by atoms with van der Waals surface area (Å²) in [6.07, 6.45) is 1.01. The van der Waals surface area contributed by atoms with Gasteiger partial charge in [-0.05, 0) is 36.5 Å². The van der Waals surface area contributed by atoms with Crippen molar-refractivity contribution in [1.29, 1.82) is 0 Å². The first-order chi connectivity index (χ1) is 11.4. The summed E-state index contributed by atoms with van der Waals surface area (Å²) in [5.41, 5.74) is 2.56. The molecule has 5 nitrogen and oxygen atoms in total. The second-order valence-electron chi connectivity index (χ2n) is 6.36. The third-order valence-corrected chi connectivity index (χ3v) is 3.84. The van der Waals surface area contributed by atoms with Crippen LogP contribution in [0.25, 0.3) is 0 Å². The number of hydrogen-bond donors (Lipinski definition) is 1. The van der Waals surface area contributed by atoms with Gasteiger partial charge >= 0.3 is 0 Å². The van der Waals surface area contributed by atoms with Crippen LogP contribution in [0.3, 0.4) is 0 Å². The molecule has 0 saturated heterocycles. The number of hydrogen-bond acceptors (Lipinski definition) is 3. The zero-order chi connectivity index (χ0) is 17.7. The monoisotopic (exact) mass is 326 g/mol. The smallest absolute Gasteiger partial charge is 0.271 e. The van der Waals surface area contributed by atoms with E-state index < -0.39 is 4.92 Å². The average Bonchev–Trinajstić information content (AvgIpc) is 2.54. The van der Waals surface area contributed by atoms with Gasteiger partial charge in [-0.1, -0.05) is 44.2 Å². The van der Waals surface area contributed by atoms with Crippen LogP contribution in [0.1, 0.15) is 37.8 Å². The van der Waals surface area contributed by atoms with Gasteiger partial charge < -0.3 is 5.32 Å². The fourth-order valence-corrected chi connectivity index (χ4v) is 2.51. The van der Waals surface area contributed by atoms with E-state index in [-0.39, 0.29) is 17.5 Å². The lowest BCUT2D eigenvalue weighted by Gasteiger charge is -2.13. The summed E-state index contributed by atoms with van der Waals surface area (Å²) in [7, 11) is 0. The topological polar surface area (TPSA) is 72.2 Å². The molecule has 0 aliphatic carbocycles. The van der Waals surface area contributed by atoms with E-state index in [0.717, 1.165) is 12.0 Å². The lowest BCUT2D eigenvalue weighted by atomic mass is 9.96. The molecule has 0 bridgehead atoms. The molecule has 126 valence electrons. The minimum Gasteiger partial charge on any atom is -0.325 e. The van der Waals surface area contributed by atoms with Gasteiger partial charge in [0.2, 0.25) is 5.91 Å². The number of nitro groups is 1. The zero-order valence-electron chi connectivity index (χ0n) is 14.2. The highest BCUT2D eigenvalue weighted by Gasteiger charge is 2.16. The highest BCUT2D eigenvalue weighted by molar-refractivity contribution is 5.95. The van der Waals surface area contributed by atoms with Gasteiger partial charge in [-0.25, -0.2) is 0 Å². The third kappa shape index (κ3) is 4.65. The molecule has 5 heteroatoms. The molecule has 0 aliphatic heterocycles. The lowest BCUT2D eigenvalue weighted by molar-refractivity contribution is -0.384. The summed E-state index contributed by atoms with van der Waals surface area (Å²) in [6.45, 7) is 6.16. The molecule has 0 saturated carbocycles. The lowest BCUT2D eigenvalue weighted by Crippen LogP contribution is -2.18. The molecule has 0 unspecified atom stereocenters. The van der Waals surface area contributed by atoms with Crippen molar-refractivity contribution in [1.82, 2.24) is 0 Å². The molecular weight excluding hydrogens is 304 g/mol. The molecule has 1 atom stereocenters. The quantitative estimate of drug-likeness (QED) is 0.626. The first-order valence-electron chi connectivity index (χ1n) is 8.01. The number of carbonyl (C=O) groups is 1. The first kappa shape index (κ1) is 17.7. The van der Waals surface area contributed by atoms with Crippen LogP contribution in [0.15, 0.2) is 48.5 Å². The van der Waals surface area contributed by atoms with E-state index in [1.165, 1.54) is 17.7 Å². The van der Waals surface area contributed by atoms with Gasteiger partial charge in [0.05, 0.1) is 10.8 Å². The Kier molecular flexibility index (Phi) is 5.68. The standard InChI is InChI=1S/C19H22N2O3/c1-13(2)11-15-7-9-16(10-8-15)14(3)19(22)20-17-5-4-6-18(12-17)21(23)24/h4-10,12-14H,11H2,1-3H3,(H,20,22)/t14-/m1/s1. The molecule has 2 aromatic carbocycles. The first-order valence-corrected chi connectivity index (χ1v) is 8.01. The second-order valence-corrected chi connectivity index (χ2v) is 6.36. The number of anilines is 1. The minimum absolute atomic E-state index is 0.0431. The zero-order valence-corrected chi connectivity index (χ0v) is 14.2. The fraction of sp³-hybridized carbons (Fsp3) is 0.316. The van der Waals surface area contributed by atoms with Crippen LogP contribution >= 0.6 is 0 Å². The minimum atomic E-state index is -0.480. The predicted octanol–water partition coefficient (Wildman–Crippen LogP) is 4.54. The highest BCUT2D eigenvalue weighted by Crippen LogP contribution is 2.21. The second kappa shape index (κ2) is 7.73. The summed E-state index contributed by atoms with van der Waals surface area (Å²) in [5, 5.41) is 13.5. The maximum atomic E-state index is 12.4. The Labute approximate surface area is 141 Å². The molecule has 2 aromatic rings. The van der Waals surface area contributed by atoms with Gasteiger partial charge in [0.25, 0.3) is 5.69 Å². The Morgan fingerprint density at radius 2 is 1.79 bits per heavy atom. The summed E-state index contributed by atoms with van der Waals surface area (Å²) in [5.74, 6) is 0.0647. The van der Waals surface area contributed by atoms with E-state index in [9.17, 15) is 14.9 Å². The van der Waals surface area contributed by atoms with Gasteiger partial charge in [-0.3, -0.25) is 14.9 Å². The predicted molar refractivity (Wildman–Crippen MR) is 95.1 cm³/mol. The maximum absolute atomic E-state index is 12.4. The van der Waals surface area contributed by atoms with Gasteiger partial charge in [0.1, 0.15) is 0 Å². The molecule has 0 fully saturated rings. The van der Waals surface area contributed by atoms with Crippen molar-refractivity contribution in [2.24, 2.45) is 5.92 Å². The van der Waals surface area contributed by atoms with Crippen LogP contribution in [0.5, 0.6) is 0 Å². The van der Waals surface area contributed by atoms with E-state index in [1.54, 1.807) is 12.1 Å². The Morgan fingerprint density at radius 1 is 1.12 bits per heavy atom. The van der Waals surface area contributed by atoms with Crippen LogP contribution < -0.4 is 5.32 Å². The van der Waals surface area contributed by atoms with Gasteiger partial charge in [0, 0.05) is 17.8 Å². The number of nitro benzene ring substituents is 1. The molecule has 0 aromatic heterocycles. The SMILES string of the molecule is CC(C)Cc1ccc([C@@H](C)C(=O)Nc2cccc([N+](=O)[O-])c2)cc1. The number of nitrogens with zero attached hydrogens (tertiary/aromatic N) is 1. The van der Waals surface area contributed by atoms with E-state index in [2.05, 4.69) is 19.2 Å². The molecule has 0 heterocycles. The molecule has 0 radical (unpaired) electrons. The summed E-state index contributed by atoms with van der Waals surface area (Å²) in [6, 6.07) is 14.0. The van der Waals surface area contributed by atoms with Crippen molar-refractivity contribution >= 4 is 17.3 Å². The number of rotatable bonds is 6. The number of non-ortho nitro benzene ring substituents is 1. The number of benzene rings is 2. The fourth-order valence-electron chi connectivity index (χ4n) is 2.51. The average molecular weight is 326 g/mol. The maximum Gasteiger partial charge on any atom is 0.271 e. The van der Waals surface area contributed by atoms with Crippen LogP contribution in [0.2, 0.25) is 0 Å². The Morgan fingerprint density at radius 3 is 2.38 bits per heavy atom. The number of carbonyl (C=O) groups excluding carboxylic acids is 1. The van der Waals surface area contributed by atoms with Crippen LogP contribution in [0.4, 0.5) is 11.4 Å².